The van der Waals surface area contributed by atoms with Gasteiger partial charge in [-0.05, 0) is 68.7 Å². The van der Waals surface area contributed by atoms with Gasteiger partial charge in [-0.25, -0.2) is 4.98 Å². The standard InChI is InChI=1S/C26H25N3O2S/c1-16-8-7-9-20(14-16)29-25(31)21-10-5-6-11-22(21)27-26(29)32-15-23(30)28-24-18(3)12-17(2)13-19(24)4/h5-14H,15H2,1-4H3,(H,28,30). The van der Waals surface area contributed by atoms with Gasteiger partial charge in [-0.15, -0.1) is 0 Å². The molecule has 0 aliphatic carbocycles. The van der Waals surface area contributed by atoms with Gasteiger partial charge in [-0.3, -0.25) is 14.2 Å². The average Bonchev–Trinajstić information content (AvgIpc) is 2.75. The van der Waals surface area contributed by atoms with E-state index in [4.69, 9.17) is 4.98 Å². The van der Waals surface area contributed by atoms with Crippen molar-refractivity contribution in [2.45, 2.75) is 32.9 Å². The lowest BCUT2D eigenvalue weighted by atomic mass is 10.1. The summed E-state index contributed by atoms with van der Waals surface area (Å²) in [5.74, 6) is 0.00634. The maximum absolute atomic E-state index is 13.3. The first-order chi connectivity index (χ1) is 15.3. The third-order valence-corrected chi connectivity index (χ3v) is 6.22. The molecule has 0 bridgehead atoms. The van der Waals surface area contributed by atoms with Crippen LogP contribution in [-0.4, -0.2) is 21.2 Å². The lowest BCUT2D eigenvalue weighted by Gasteiger charge is -2.15. The third kappa shape index (κ3) is 4.46. The molecular weight excluding hydrogens is 418 g/mol. The van der Waals surface area contributed by atoms with E-state index in [0.29, 0.717) is 16.1 Å². The van der Waals surface area contributed by atoms with Crippen LogP contribution in [0.2, 0.25) is 0 Å². The Hall–Kier alpha value is -3.38. The molecule has 4 aromatic rings. The van der Waals surface area contributed by atoms with Crippen molar-refractivity contribution in [1.82, 2.24) is 9.55 Å². The van der Waals surface area contributed by atoms with Crippen LogP contribution in [-0.2, 0) is 4.79 Å². The molecule has 0 fully saturated rings. The summed E-state index contributed by atoms with van der Waals surface area (Å²) >= 11 is 1.26. The lowest BCUT2D eigenvalue weighted by Crippen LogP contribution is -2.23. The molecule has 1 aromatic heterocycles. The molecule has 0 unspecified atom stereocenters. The predicted molar refractivity (Wildman–Crippen MR) is 132 cm³/mol. The Bertz CT molecular complexity index is 1370. The number of benzene rings is 3. The molecule has 1 N–H and O–H groups in total. The highest BCUT2D eigenvalue weighted by Crippen LogP contribution is 2.24. The smallest absolute Gasteiger partial charge is 0.266 e. The minimum absolute atomic E-state index is 0.136. The van der Waals surface area contributed by atoms with Gasteiger partial charge in [0.25, 0.3) is 5.56 Å². The number of hydrogen-bond donors (Lipinski definition) is 1. The van der Waals surface area contributed by atoms with Crippen LogP contribution in [0.4, 0.5) is 5.69 Å². The molecule has 0 aliphatic heterocycles. The van der Waals surface area contributed by atoms with E-state index in [0.717, 1.165) is 33.6 Å². The molecule has 0 radical (unpaired) electrons. The third-order valence-electron chi connectivity index (χ3n) is 5.28. The molecule has 0 aliphatic rings. The van der Waals surface area contributed by atoms with Gasteiger partial charge < -0.3 is 5.32 Å². The van der Waals surface area contributed by atoms with Crippen LogP contribution in [0.1, 0.15) is 22.3 Å². The molecule has 0 spiro atoms. The van der Waals surface area contributed by atoms with E-state index in [2.05, 4.69) is 17.4 Å². The molecule has 0 saturated carbocycles. The number of rotatable bonds is 5. The molecule has 4 rings (SSSR count). The summed E-state index contributed by atoms with van der Waals surface area (Å²) < 4.78 is 1.59. The average molecular weight is 444 g/mol. The summed E-state index contributed by atoms with van der Waals surface area (Å²) in [5, 5.41) is 4.06. The molecule has 162 valence electrons. The molecule has 6 heteroatoms. The minimum atomic E-state index is -0.144. The van der Waals surface area contributed by atoms with Gasteiger partial charge in [0.05, 0.1) is 22.3 Å². The number of para-hydroxylation sites is 1. The summed E-state index contributed by atoms with van der Waals surface area (Å²) in [6.45, 7) is 8.00. The van der Waals surface area contributed by atoms with Crippen molar-refractivity contribution in [1.29, 1.82) is 0 Å². The van der Waals surface area contributed by atoms with Crippen molar-refractivity contribution in [2.75, 3.05) is 11.1 Å². The van der Waals surface area contributed by atoms with Crippen molar-refractivity contribution in [3.8, 4) is 5.69 Å². The first-order valence-corrected chi connectivity index (χ1v) is 11.4. The number of nitrogens with one attached hydrogen (secondary N) is 1. The number of nitrogens with zero attached hydrogens (tertiary/aromatic N) is 2. The summed E-state index contributed by atoms with van der Waals surface area (Å²) in [6, 6.07) is 19.1. The maximum Gasteiger partial charge on any atom is 0.266 e. The highest BCUT2D eigenvalue weighted by atomic mass is 32.2. The predicted octanol–water partition coefficient (Wildman–Crippen LogP) is 5.35. The van der Waals surface area contributed by atoms with Crippen LogP contribution in [0.25, 0.3) is 16.6 Å². The number of thioether (sulfide) groups is 1. The van der Waals surface area contributed by atoms with Gasteiger partial charge in [0, 0.05) is 5.69 Å². The number of fused-ring (bicyclic) bond motifs is 1. The van der Waals surface area contributed by atoms with E-state index in [1.807, 2.05) is 70.2 Å². The summed E-state index contributed by atoms with van der Waals surface area (Å²) in [7, 11) is 0. The molecular formula is C26H25N3O2S. The quantitative estimate of drug-likeness (QED) is 0.334. The highest BCUT2D eigenvalue weighted by Gasteiger charge is 2.16. The Kier molecular flexibility index (Phi) is 6.15. The topological polar surface area (TPSA) is 64.0 Å². The zero-order valence-corrected chi connectivity index (χ0v) is 19.4. The van der Waals surface area contributed by atoms with Crippen molar-refractivity contribution in [2.24, 2.45) is 0 Å². The van der Waals surface area contributed by atoms with E-state index < -0.39 is 0 Å². The first-order valence-electron chi connectivity index (χ1n) is 10.4. The second-order valence-electron chi connectivity index (χ2n) is 8.00. The monoisotopic (exact) mass is 443 g/mol. The molecule has 32 heavy (non-hydrogen) atoms. The number of aryl methyl sites for hydroxylation is 4. The fraction of sp³-hybridized carbons (Fsp3) is 0.192. The number of anilines is 1. The van der Waals surface area contributed by atoms with Gasteiger partial charge in [0.1, 0.15) is 0 Å². The van der Waals surface area contributed by atoms with Crippen LogP contribution < -0.4 is 10.9 Å². The SMILES string of the molecule is Cc1cccc(-n2c(SCC(=O)Nc3c(C)cc(C)cc3C)nc3ccccc3c2=O)c1. The van der Waals surface area contributed by atoms with Gasteiger partial charge in [0.15, 0.2) is 5.16 Å². The van der Waals surface area contributed by atoms with E-state index in [-0.39, 0.29) is 17.2 Å². The fourth-order valence-corrected chi connectivity index (χ4v) is 4.70. The molecule has 1 heterocycles. The van der Waals surface area contributed by atoms with Gasteiger partial charge in [-0.1, -0.05) is 53.7 Å². The van der Waals surface area contributed by atoms with Crippen molar-refractivity contribution < 1.29 is 4.79 Å². The molecule has 3 aromatic carbocycles. The van der Waals surface area contributed by atoms with Crippen LogP contribution >= 0.6 is 11.8 Å². The Morgan fingerprint density at radius 3 is 2.38 bits per heavy atom. The molecule has 1 amide bonds. The van der Waals surface area contributed by atoms with Crippen molar-refractivity contribution >= 4 is 34.3 Å². The van der Waals surface area contributed by atoms with E-state index >= 15 is 0 Å². The fourth-order valence-electron chi connectivity index (χ4n) is 3.89. The highest BCUT2D eigenvalue weighted by molar-refractivity contribution is 7.99. The van der Waals surface area contributed by atoms with Gasteiger partial charge >= 0.3 is 0 Å². The number of carbonyl (C=O) groups excluding carboxylic acids is 1. The molecule has 0 atom stereocenters. The van der Waals surface area contributed by atoms with Crippen LogP contribution in [0.15, 0.2) is 70.6 Å². The lowest BCUT2D eigenvalue weighted by molar-refractivity contribution is -0.113. The molecule has 5 nitrogen and oxygen atoms in total. The Morgan fingerprint density at radius 2 is 1.66 bits per heavy atom. The largest absolute Gasteiger partial charge is 0.325 e. The van der Waals surface area contributed by atoms with Crippen LogP contribution in [0.3, 0.4) is 0 Å². The van der Waals surface area contributed by atoms with E-state index in [9.17, 15) is 9.59 Å². The zero-order chi connectivity index (χ0) is 22.8. The van der Waals surface area contributed by atoms with E-state index in [1.54, 1.807) is 10.6 Å². The maximum atomic E-state index is 13.3. The number of amides is 1. The summed E-state index contributed by atoms with van der Waals surface area (Å²) in [4.78, 5) is 30.8. The number of hydrogen-bond acceptors (Lipinski definition) is 4. The summed E-state index contributed by atoms with van der Waals surface area (Å²) in [6.07, 6.45) is 0. The number of carbonyl (C=O) groups is 1. The normalized spacial score (nSPS) is 11.0. The van der Waals surface area contributed by atoms with Crippen LogP contribution in [0, 0.1) is 27.7 Å². The second kappa shape index (κ2) is 9.01. The molecule has 0 saturated heterocycles. The van der Waals surface area contributed by atoms with Gasteiger partial charge in [-0.2, -0.15) is 0 Å². The number of aromatic nitrogens is 2. The minimum Gasteiger partial charge on any atom is -0.325 e. The summed E-state index contributed by atoms with van der Waals surface area (Å²) in [5.41, 5.74) is 6.31. The van der Waals surface area contributed by atoms with Crippen molar-refractivity contribution in [3.05, 3.63) is 93.3 Å². The van der Waals surface area contributed by atoms with Gasteiger partial charge in [0.2, 0.25) is 5.91 Å². The van der Waals surface area contributed by atoms with Crippen LogP contribution in [0.5, 0.6) is 0 Å². The van der Waals surface area contributed by atoms with E-state index in [1.165, 1.54) is 11.8 Å². The van der Waals surface area contributed by atoms with Crippen molar-refractivity contribution in [3.63, 3.8) is 0 Å². The zero-order valence-electron chi connectivity index (χ0n) is 18.6. The Balaban J connectivity index is 1.68. The Labute approximate surface area is 191 Å². The second-order valence-corrected chi connectivity index (χ2v) is 8.94. The first kappa shape index (κ1) is 21.8. The Morgan fingerprint density at radius 1 is 0.938 bits per heavy atom.